The largest absolute Gasteiger partial charge is 0.490 e. The van der Waals surface area contributed by atoms with E-state index in [2.05, 4.69) is 0 Å². The minimum atomic E-state index is -3.03. The molecular weight excluding hydrogens is 291 g/mol. The molecule has 2 unspecified atom stereocenters. The van der Waals surface area contributed by atoms with Crippen molar-refractivity contribution in [2.24, 2.45) is 0 Å². The third-order valence-electron chi connectivity index (χ3n) is 3.97. The van der Waals surface area contributed by atoms with Gasteiger partial charge in [-0.1, -0.05) is 12.1 Å². The Morgan fingerprint density at radius 1 is 1.29 bits per heavy atom. The average molecular weight is 312 g/mol. The van der Waals surface area contributed by atoms with Crippen molar-refractivity contribution in [1.29, 1.82) is 0 Å². The van der Waals surface area contributed by atoms with Crippen molar-refractivity contribution in [3.05, 3.63) is 23.8 Å². The maximum absolute atomic E-state index is 11.7. The highest BCUT2D eigenvalue weighted by molar-refractivity contribution is 7.91. The average Bonchev–Trinajstić information content (AvgIpc) is 2.40. The lowest BCUT2D eigenvalue weighted by molar-refractivity contribution is 0.155. The molecule has 2 atom stereocenters. The molecule has 1 aromatic carbocycles. The van der Waals surface area contributed by atoms with Crippen LogP contribution in [0.2, 0.25) is 0 Å². The second-order valence-electron chi connectivity index (χ2n) is 5.76. The first-order valence-electron chi connectivity index (χ1n) is 7.09. The number of aryl methyl sites for hydroxylation is 1. The minimum absolute atomic E-state index is 0.109. The molecular formula is C14H21BO5S. The smallest absolute Gasteiger partial charge is 0.488 e. The summed E-state index contributed by atoms with van der Waals surface area (Å²) in [7, 11) is -4.52. The number of benzene rings is 1. The Balaban J connectivity index is 2.08. The van der Waals surface area contributed by atoms with Crippen LogP contribution in [0.15, 0.2) is 18.2 Å². The van der Waals surface area contributed by atoms with Gasteiger partial charge >= 0.3 is 7.12 Å². The molecule has 1 fully saturated rings. The number of sulfone groups is 1. The van der Waals surface area contributed by atoms with Crippen molar-refractivity contribution in [2.75, 3.05) is 6.26 Å². The highest BCUT2D eigenvalue weighted by atomic mass is 32.2. The standard InChI is InChI=1S/C14H21BO5S/c1-10-8-11(15(16)17)6-7-14(10)20-12-4-3-5-13(9-12)21(2,18)19/h6-8,12-13,16-17H,3-5,9H2,1-2H3. The van der Waals surface area contributed by atoms with E-state index in [-0.39, 0.29) is 11.4 Å². The third-order valence-corrected chi connectivity index (χ3v) is 5.61. The van der Waals surface area contributed by atoms with E-state index in [9.17, 15) is 8.42 Å². The van der Waals surface area contributed by atoms with E-state index in [0.29, 0.717) is 24.1 Å². The molecule has 0 amide bonds. The van der Waals surface area contributed by atoms with Gasteiger partial charge in [-0.25, -0.2) is 8.42 Å². The van der Waals surface area contributed by atoms with Crippen LogP contribution in [-0.4, -0.2) is 43.2 Å². The van der Waals surface area contributed by atoms with Crippen molar-refractivity contribution in [3.63, 3.8) is 0 Å². The van der Waals surface area contributed by atoms with Crippen LogP contribution >= 0.6 is 0 Å². The molecule has 1 saturated carbocycles. The van der Waals surface area contributed by atoms with Crippen LogP contribution in [0.4, 0.5) is 0 Å². The molecule has 0 radical (unpaired) electrons. The van der Waals surface area contributed by atoms with Crippen molar-refractivity contribution in [1.82, 2.24) is 0 Å². The molecule has 1 aliphatic rings. The van der Waals surface area contributed by atoms with Crippen LogP contribution in [0.3, 0.4) is 0 Å². The molecule has 21 heavy (non-hydrogen) atoms. The zero-order chi connectivity index (χ0) is 15.6. The Hall–Kier alpha value is -1.05. The molecule has 2 N–H and O–H groups in total. The number of ether oxygens (including phenoxy) is 1. The van der Waals surface area contributed by atoms with Gasteiger partial charge in [0.1, 0.15) is 15.6 Å². The molecule has 1 aromatic rings. The van der Waals surface area contributed by atoms with Crippen LogP contribution in [0, 0.1) is 6.92 Å². The summed E-state index contributed by atoms with van der Waals surface area (Å²) in [6, 6.07) is 4.97. The lowest BCUT2D eigenvalue weighted by atomic mass is 9.79. The van der Waals surface area contributed by atoms with E-state index in [1.807, 2.05) is 6.92 Å². The number of rotatable bonds is 4. The zero-order valence-corrected chi connectivity index (χ0v) is 13.1. The summed E-state index contributed by atoms with van der Waals surface area (Å²) < 4.78 is 29.2. The summed E-state index contributed by atoms with van der Waals surface area (Å²) in [5.74, 6) is 0.665. The predicted octanol–water partition coefficient (Wildman–Crippen LogP) is 0.409. The van der Waals surface area contributed by atoms with Crippen LogP contribution in [-0.2, 0) is 9.84 Å². The molecule has 0 spiro atoms. The zero-order valence-electron chi connectivity index (χ0n) is 12.3. The topological polar surface area (TPSA) is 83.8 Å². The Bertz CT molecular complexity index is 599. The first-order valence-corrected chi connectivity index (χ1v) is 9.05. The quantitative estimate of drug-likeness (QED) is 0.787. The van der Waals surface area contributed by atoms with Crippen LogP contribution < -0.4 is 10.2 Å². The van der Waals surface area contributed by atoms with Gasteiger partial charge in [0.2, 0.25) is 0 Å². The highest BCUT2D eigenvalue weighted by Gasteiger charge is 2.30. The summed E-state index contributed by atoms with van der Waals surface area (Å²) in [6.45, 7) is 1.83. The summed E-state index contributed by atoms with van der Waals surface area (Å²) in [6.07, 6.45) is 4.07. The molecule has 1 aliphatic carbocycles. The van der Waals surface area contributed by atoms with E-state index in [4.69, 9.17) is 14.8 Å². The van der Waals surface area contributed by atoms with Crippen molar-refractivity contribution >= 4 is 22.4 Å². The van der Waals surface area contributed by atoms with Gasteiger partial charge < -0.3 is 14.8 Å². The second kappa shape index (κ2) is 6.38. The molecule has 7 heteroatoms. The van der Waals surface area contributed by atoms with Gasteiger partial charge in [0.25, 0.3) is 0 Å². The molecule has 2 rings (SSSR count). The Morgan fingerprint density at radius 3 is 2.57 bits per heavy atom. The fourth-order valence-electron chi connectivity index (χ4n) is 2.74. The van der Waals surface area contributed by atoms with Gasteiger partial charge in [0.15, 0.2) is 0 Å². The number of hydrogen-bond acceptors (Lipinski definition) is 5. The van der Waals surface area contributed by atoms with E-state index >= 15 is 0 Å². The summed E-state index contributed by atoms with van der Waals surface area (Å²) in [5.41, 5.74) is 1.22. The fraction of sp³-hybridized carbons (Fsp3) is 0.571. The van der Waals surface area contributed by atoms with Gasteiger partial charge in [0, 0.05) is 12.7 Å². The molecule has 5 nitrogen and oxygen atoms in total. The van der Waals surface area contributed by atoms with Crippen LogP contribution in [0.1, 0.15) is 31.2 Å². The first kappa shape index (κ1) is 16.3. The molecule has 0 aliphatic heterocycles. The van der Waals surface area contributed by atoms with Crippen molar-refractivity contribution in [2.45, 2.75) is 44.0 Å². The van der Waals surface area contributed by atoms with Gasteiger partial charge in [-0.2, -0.15) is 0 Å². The minimum Gasteiger partial charge on any atom is -0.490 e. The lowest BCUT2D eigenvalue weighted by Gasteiger charge is -2.29. The van der Waals surface area contributed by atoms with Crippen molar-refractivity contribution in [3.8, 4) is 5.75 Å². The third kappa shape index (κ3) is 4.21. The maximum atomic E-state index is 11.7. The molecule has 116 valence electrons. The Labute approximate surface area is 126 Å². The monoisotopic (exact) mass is 312 g/mol. The van der Waals surface area contributed by atoms with Crippen LogP contribution in [0.5, 0.6) is 5.75 Å². The Kier molecular flexibility index (Phi) is 4.96. The number of hydrogen-bond donors (Lipinski definition) is 2. The molecule has 0 heterocycles. The second-order valence-corrected chi connectivity index (χ2v) is 8.08. The lowest BCUT2D eigenvalue weighted by Crippen LogP contribution is -2.33. The molecule has 0 saturated heterocycles. The van der Waals surface area contributed by atoms with E-state index in [0.717, 1.165) is 18.4 Å². The first-order chi connectivity index (χ1) is 9.77. The summed E-state index contributed by atoms with van der Waals surface area (Å²) in [5, 5.41) is 17.9. The summed E-state index contributed by atoms with van der Waals surface area (Å²) in [4.78, 5) is 0. The van der Waals surface area contributed by atoms with E-state index in [1.165, 1.54) is 6.26 Å². The Morgan fingerprint density at radius 2 is 2.00 bits per heavy atom. The van der Waals surface area contributed by atoms with Gasteiger partial charge in [-0.3, -0.25) is 0 Å². The molecule has 0 aromatic heterocycles. The van der Waals surface area contributed by atoms with Crippen LogP contribution in [0.25, 0.3) is 0 Å². The maximum Gasteiger partial charge on any atom is 0.488 e. The SMILES string of the molecule is Cc1cc(B(O)O)ccc1OC1CCCC(S(C)(=O)=O)C1. The van der Waals surface area contributed by atoms with E-state index < -0.39 is 17.0 Å². The molecule has 0 bridgehead atoms. The fourth-order valence-corrected chi connectivity index (χ4v) is 3.90. The highest BCUT2D eigenvalue weighted by Crippen LogP contribution is 2.28. The normalized spacial score (nSPS) is 22.9. The van der Waals surface area contributed by atoms with E-state index in [1.54, 1.807) is 18.2 Å². The van der Waals surface area contributed by atoms with Crippen molar-refractivity contribution < 1.29 is 23.2 Å². The van der Waals surface area contributed by atoms with Gasteiger partial charge in [-0.05, 0) is 43.3 Å². The van der Waals surface area contributed by atoms with Gasteiger partial charge in [-0.15, -0.1) is 0 Å². The van der Waals surface area contributed by atoms with Gasteiger partial charge in [0.05, 0.1) is 11.4 Å². The predicted molar refractivity (Wildman–Crippen MR) is 82.5 cm³/mol. The summed E-state index contributed by atoms with van der Waals surface area (Å²) >= 11 is 0.